The summed E-state index contributed by atoms with van der Waals surface area (Å²) in [6.07, 6.45) is 16.2. The number of hydrogen-bond acceptors (Lipinski definition) is 5. The van der Waals surface area contributed by atoms with Crippen LogP contribution in [0, 0.1) is 12.3 Å². The van der Waals surface area contributed by atoms with Gasteiger partial charge >= 0.3 is 0 Å². The van der Waals surface area contributed by atoms with Crippen molar-refractivity contribution in [2.24, 2.45) is 12.5 Å². The van der Waals surface area contributed by atoms with Crippen molar-refractivity contribution in [2.75, 3.05) is 18.4 Å². The number of aryl methyl sites for hydroxylation is 3. The molecular formula is C35H45N7. The summed E-state index contributed by atoms with van der Waals surface area (Å²) in [5.74, 6) is 0.876. The van der Waals surface area contributed by atoms with Crippen LogP contribution in [0.15, 0.2) is 43.1 Å². The maximum Gasteiger partial charge on any atom is 0.208 e. The van der Waals surface area contributed by atoms with Gasteiger partial charge in [-0.1, -0.05) is 38.3 Å². The van der Waals surface area contributed by atoms with E-state index in [1.54, 1.807) is 0 Å². The Morgan fingerprint density at radius 3 is 2.55 bits per heavy atom. The number of anilines is 1. The van der Waals surface area contributed by atoms with Gasteiger partial charge in [0.25, 0.3) is 0 Å². The summed E-state index contributed by atoms with van der Waals surface area (Å²) in [4.78, 5) is 12.6. The highest BCUT2D eigenvalue weighted by atomic mass is 15.3. The molecule has 42 heavy (non-hydrogen) atoms. The SMILES string of the molecule is C=C1Nc2nc3ccc(CN4CCC5(CCCC5)CC4)cc3n2CCCCCCc2c(cnn2C)-c2cc1cc(C)n2. The molecule has 7 heteroatoms. The number of fused-ring (bicyclic) bond motifs is 7. The van der Waals surface area contributed by atoms with Crippen molar-refractivity contribution in [2.45, 2.75) is 90.6 Å². The lowest BCUT2D eigenvalue weighted by Gasteiger charge is -2.39. The molecule has 3 aliphatic rings. The largest absolute Gasteiger partial charge is 0.326 e. The number of aromatic nitrogens is 5. The minimum absolute atomic E-state index is 0.662. The summed E-state index contributed by atoms with van der Waals surface area (Å²) in [7, 11) is 2.04. The molecule has 0 atom stereocenters. The van der Waals surface area contributed by atoms with Crippen molar-refractivity contribution in [3.05, 3.63) is 65.6 Å². The number of rotatable bonds is 2. The third-order valence-electron chi connectivity index (χ3n) is 10.2. The predicted molar refractivity (Wildman–Crippen MR) is 171 cm³/mol. The molecule has 0 unspecified atom stereocenters. The van der Waals surface area contributed by atoms with Crippen LogP contribution in [-0.4, -0.2) is 42.3 Å². The lowest BCUT2D eigenvalue weighted by molar-refractivity contribution is 0.103. The molecule has 220 valence electrons. The molecule has 1 saturated carbocycles. The van der Waals surface area contributed by atoms with Crippen LogP contribution >= 0.6 is 0 Å². The molecule has 4 aromatic rings. The minimum atomic E-state index is 0.662. The lowest BCUT2D eigenvalue weighted by Crippen LogP contribution is -2.38. The third kappa shape index (κ3) is 5.39. The summed E-state index contributed by atoms with van der Waals surface area (Å²) in [6, 6.07) is 11.1. The van der Waals surface area contributed by atoms with Crippen LogP contribution in [0.1, 0.15) is 86.7 Å². The molecule has 5 heterocycles. The number of likely N-dealkylation sites (tertiary alicyclic amines) is 1. The van der Waals surface area contributed by atoms with Crippen molar-refractivity contribution in [3.63, 3.8) is 0 Å². The number of piperidine rings is 1. The van der Waals surface area contributed by atoms with Crippen LogP contribution in [-0.2, 0) is 26.6 Å². The second-order valence-corrected chi connectivity index (χ2v) is 13.2. The van der Waals surface area contributed by atoms with Gasteiger partial charge in [-0.25, -0.2) is 4.98 Å². The molecule has 2 aliphatic heterocycles. The fourth-order valence-electron chi connectivity index (χ4n) is 7.73. The Morgan fingerprint density at radius 2 is 1.71 bits per heavy atom. The Hall–Kier alpha value is -3.45. The first-order valence-electron chi connectivity index (χ1n) is 16.1. The molecule has 1 aromatic carbocycles. The van der Waals surface area contributed by atoms with E-state index in [9.17, 15) is 0 Å². The van der Waals surface area contributed by atoms with Gasteiger partial charge in [0, 0.05) is 48.3 Å². The average molecular weight is 564 g/mol. The van der Waals surface area contributed by atoms with Crippen LogP contribution in [0.5, 0.6) is 0 Å². The smallest absolute Gasteiger partial charge is 0.208 e. The quantitative estimate of drug-likeness (QED) is 0.274. The van der Waals surface area contributed by atoms with E-state index in [0.29, 0.717) is 5.41 Å². The first-order valence-corrected chi connectivity index (χ1v) is 16.1. The number of imidazole rings is 1. The summed E-state index contributed by atoms with van der Waals surface area (Å²) in [5.41, 5.74) is 10.5. The monoisotopic (exact) mass is 563 g/mol. The van der Waals surface area contributed by atoms with E-state index in [1.807, 2.05) is 17.9 Å². The molecule has 1 spiro atoms. The highest BCUT2D eigenvalue weighted by Gasteiger charge is 2.36. The first kappa shape index (κ1) is 27.4. The Labute approximate surface area is 250 Å². The molecule has 0 amide bonds. The van der Waals surface area contributed by atoms with E-state index in [4.69, 9.17) is 9.97 Å². The zero-order valence-corrected chi connectivity index (χ0v) is 25.5. The summed E-state index contributed by atoms with van der Waals surface area (Å²) in [6.45, 7) is 10.9. The number of pyridine rings is 1. The van der Waals surface area contributed by atoms with Gasteiger partial charge in [0.1, 0.15) is 0 Å². The highest BCUT2D eigenvalue weighted by molar-refractivity contribution is 5.83. The van der Waals surface area contributed by atoms with Gasteiger partial charge in [-0.15, -0.1) is 0 Å². The van der Waals surface area contributed by atoms with Gasteiger partial charge in [-0.2, -0.15) is 5.10 Å². The normalized spacial score (nSPS) is 19.7. The van der Waals surface area contributed by atoms with Crippen molar-refractivity contribution in [1.82, 2.24) is 29.2 Å². The zero-order chi connectivity index (χ0) is 28.7. The standard InChI is InChI=1S/C35H45N7/c1-25-20-28-22-31(37-25)29-23-36-40(3)32(29)10-6-4-5-9-17-42-33-21-27(11-12-30(33)39-34(42)38-26(28)2)24-41-18-15-35(16-19-41)13-7-8-14-35/h11-12,20-23H,2,4-10,13-19,24H2,1,3H3,(H,38,39). The number of nitrogens with one attached hydrogen (secondary N) is 1. The third-order valence-corrected chi connectivity index (χ3v) is 10.2. The van der Waals surface area contributed by atoms with E-state index < -0.39 is 0 Å². The molecule has 1 saturated heterocycles. The van der Waals surface area contributed by atoms with Crippen molar-refractivity contribution < 1.29 is 0 Å². The molecular weight excluding hydrogens is 518 g/mol. The maximum absolute atomic E-state index is 5.08. The van der Waals surface area contributed by atoms with Gasteiger partial charge in [-0.3, -0.25) is 14.6 Å². The minimum Gasteiger partial charge on any atom is -0.326 e. The average Bonchev–Trinajstić information content (AvgIpc) is 3.69. The summed E-state index contributed by atoms with van der Waals surface area (Å²) < 4.78 is 4.40. The zero-order valence-electron chi connectivity index (χ0n) is 25.5. The molecule has 7 rings (SSSR count). The van der Waals surface area contributed by atoms with Gasteiger partial charge < -0.3 is 9.88 Å². The first-order chi connectivity index (χ1) is 20.5. The Balaban J connectivity index is 1.17. The topological polar surface area (TPSA) is 63.8 Å². The van der Waals surface area contributed by atoms with Gasteiger partial charge in [-0.05, 0) is 100 Å². The van der Waals surface area contributed by atoms with Gasteiger partial charge in [0.15, 0.2) is 0 Å². The van der Waals surface area contributed by atoms with E-state index in [1.165, 1.54) is 81.2 Å². The Kier molecular flexibility index (Phi) is 7.39. The van der Waals surface area contributed by atoms with E-state index in [0.717, 1.165) is 72.0 Å². The fraction of sp³-hybridized carbons (Fsp3) is 0.514. The van der Waals surface area contributed by atoms with Crippen LogP contribution in [0.3, 0.4) is 0 Å². The van der Waals surface area contributed by atoms with E-state index in [-0.39, 0.29) is 0 Å². The van der Waals surface area contributed by atoms with Crippen molar-refractivity contribution >= 4 is 22.7 Å². The molecule has 2 fully saturated rings. The molecule has 1 aliphatic carbocycles. The van der Waals surface area contributed by atoms with E-state index >= 15 is 0 Å². The number of benzene rings is 1. The summed E-state index contributed by atoms with van der Waals surface area (Å²) in [5, 5.41) is 8.19. The summed E-state index contributed by atoms with van der Waals surface area (Å²) >= 11 is 0. The Bertz CT molecular complexity index is 1590. The molecule has 1 N–H and O–H groups in total. The molecule has 0 radical (unpaired) electrons. The van der Waals surface area contributed by atoms with Gasteiger partial charge in [0.2, 0.25) is 5.95 Å². The molecule has 7 nitrogen and oxygen atoms in total. The Morgan fingerprint density at radius 1 is 0.905 bits per heavy atom. The van der Waals surface area contributed by atoms with Crippen LogP contribution in [0.4, 0.5) is 5.95 Å². The van der Waals surface area contributed by atoms with Crippen LogP contribution in [0.2, 0.25) is 0 Å². The second-order valence-electron chi connectivity index (χ2n) is 13.2. The maximum atomic E-state index is 5.08. The number of nitrogens with zero attached hydrogens (tertiary/aromatic N) is 6. The fourth-order valence-corrected chi connectivity index (χ4v) is 7.73. The molecule has 3 aromatic heterocycles. The van der Waals surface area contributed by atoms with Crippen LogP contribution < -0.4 is 5.32 Å². The van der Waals surface area contributed by atoms with Crippen molar-refractivity contribution in [1.29, 1.82) is 0 Å². The second kappa shape index (κ2) is 11.3. The van der Waals surface area contributed by atoms with Gasteiger partial charge in [0.05, 0.1) is 22.9 Å². The van der Waals surface area contributed by atoms with Crippen LogP contribution in [0.25, 0.3) is 28.0 Å². The highest BCUT2D eigenvalue weighted by Crippen LogP contribution is 2.46. The van der Waals surface area contributed by atoms with E-state index in [2.05, 4.69) is 63.7 Å². The van der Waals surface area contributed by atoms with Crippen molar-refractivity contribution in [3.8, 4) is 11.3 Å². The number of hydrogen-bond donors (Lipinski definition) is 1. The lowest BCUT2D eigenvalue weighted by atomic mass is 9.77. The predicted octanol–water partition coefficient (Wildman–Crippen LogP) is 7.50. The molecule has 2 bridgehead atoms.